The van der Waals surface area contributed by atoms with E-state index in [0.717, 1.165) is 29.7 Å². The Morgan fingerprint density at radius 1 is 1.42 bits per heavy atom. The highest BCUT2D eigenvalue weighted by Gasteiger charge is 2.23. The van der Waals surface area contributed by atoms with Crippen molar-refractivity contribution in [3.05, 3.63) is 23.3 Å². The van der Waals surface area contributed by atoms with Gasteiger partial charge in [-0.1, -0.05) is 0 Å². The summed E-state index contributed by atoms with van der Waals surface area (Å²) in [4.78, 5) is 10.5. The van der Waals surface area contributed by atoms with Gasteiger partial charge in [0, 0.05) is 12.1 Å². The fourth-order valence-electron chi connectivity index (χ4n) is 2.33. The van der Waals surface area contributed by atoms with Gasteiger partial charge in [0.2, 0.25) is 0 Å². The van der Waals surface area contributed by atoms with Crippen molar-refractivity contribution in [1.29, 1.82) is 0 Å². The summed E-state index contributed by atoms with van der Waals surface area (Å²) in [5.41, 5.74) is 8.26. The zero-order chi connectivity index (χ0) is 13.8. The average Bonchev–Trinajstić information content (AvgIpc) is 2.69. The average molecular weight is 265 g/mol. The van der Waals surface area contributed by atoms with Crippen molar-refractivity contribution in [3.8, 4) is 11.5 Å². The molecule has 0 saturated carbocycles. The van der Waals surface area contributed by atoms with Crippen molar-refractivity contribution in [3.63, 3.8) is 0 Å². The second kappa shape index (κ2) is 5.93. The number of benzene rings is 1. The van der Waals surface area contributed by atoms with E-state index in [2.05, 4.69) is 0 Å². The van der Waals surface area contributed by atoms with Gasteiger partial charge in [-0.05, 0) is 37.0 Å². The monoisotopic (exact) mass is 265 g/mol. The molecule has 2 rings (SSSR count). The number of carboxylic acid groups (broad SMARTS) is 1. The molecule has 5 heteroatoms. The third-order valence-corrected chi connectivity index (χ3v) is 3.11. The van der Waals surface area contributed by atoms with Gasteiger partial charge in [-0.2, -0.15) is 0 Å². The predicted octanol–water partition coefficient (Wildman–Crippen LogP) is 1.36. The molecule has 19 heavy (non-hydrogen) atoms. The van der Waals surface area contributed by atoms with Crippen molar-refractivity contribution in [1.82, 2.24) is 0 Å². The van der Waals surface area contributed by atoms with E-state index in [9.17, 15) is 4.79 Å². The van der Waals surface area contributed by atoms with E-state index in [1.165, 1.54) is 0 Å². The number of aliphatic carboxylic acids is 1. The van der Waals surface area contributed by atoms with Crippen LogP contribution in [0.4, 0.5) is 0 Å². The number of nitrogens with two attached hydrogens (primary N) is 1. The molecule has 0 amide bonds. The Morgan fingerprint density at radius 3 is 2.89 bits per heavy atom. The third kappa shape index (κ3) is 3.38. The smallest absolute Gasteiger partial charge is 0.306 e. The molecule has 0 bridgehead atoms. The lowest BCUT2D eigenvalue weighted by Crippen LogP contribution is -2.19. The maximum Gasteiger partial charge on any atom is 0.306 e. The van der Waals surface area contributed by atoms with E-state index in [-0.39, 0.29) is 19.1 Å². The van der Waals surface area contributed by atoms with E-state index in [1.54, 1.807) is 0 Å². The van der Waals surface area contributed by atoms with Gasteiger partial charge < -0.3 is 20.3 Å². The van der Waals surface area contributed by atoms with Crippen LogP contribution in [0.15, 0.2) is 12.1 Å². The van der Waals surface area contributed by atoms with E-state index in [4.69, 9.17) is 20.3 Å². The van der Waals surface area contributed by atoms with Crippen molar-refractivity contribution >= 4 is 5.97 Å². The SMILES string of the molecule is CCOc1cc(OCCC(=O)O)cc2c1CC(N)C2. The second-order valence-corrected chi connectivity index (χ2v) is 4.65. The summed E-state index contributed by atoms with van der Waals surface area (Å²) < 4.78 is 11.1. The van der Waals surface area contributed by atoms with Crippen LogP contribution in [0.2, 0.25) is 0 Å². The molecule has 0 radical (unpaired) electrons. The lowest BCUT2D eigenvalue weighted by atomic mass is 10.1. The molecule has 1 atom stereocenters. The minimum Gasteiger partial charge on any atom is -0.493 e. The van der Waals surface area contributed by atoms with E-state index >= 15 is 0 Å². The first-order chi connectivity index (χ1) is 9.10. The Kier molecular flexibility index (Phi) is 4.27. The Bertz CT molecular complexity index is 473. The van der Waals surface area contributed by atoms with E-state index in [1.807, 2.05) is 19.1 Å². The fraction of sp³-hybridized carbons (Fsp3) is 0.500. The first-order valence-corrected chi connectivity index (χ1v) is 6.49. The molecule has 1 unspecified atom stereocenters. The van der Waals surface area contributed by atoms with Crippen LogP contribution < -0.4 is 15.2 Å². The number of hydrogen-bond donors (Lipinski definition) is 2. The summed E-state index contributed by atoms with van der Waals surface area (Å²) in [6.45, 7) is 2.67. The molecule has 0 spiro atoms. The quantitative estimate of drug-likeness (QED) is 0.811. The zero-order valence-electron chi connectivity index (χ0n) is 11.0. The predicted molar refractivity (Wildman–Crippen MR) is 70.7 cm³/mol. The number of carboxylic acids is 1. The summed E-state index contributed by atoms with van der Waals surface area (Å²) in [6, 6.07) is 3.89. The van der Waals surface area contributed by atoms with Gasteiger partial charge in [0.05, 0.1) is 19.6 Å². The number of fused-ring (bicyclic) bond motifs is 1. The van der Waals surface area contributed by atoms with Gasteiger partial charge in [0.15, 0.2) is 0 Å². The summed E-state index contributed by atoms with van der Waals surface area (Å²) in [7, 11) is 0. The minimum absolute atomic E-state index is 0.0133. The minimum atomic E-state index is -0.867. The molecule has 1 aromatic carbocycles. The van der Waals surface area contributed by atoms with Gasteiger partial charge in [0.25, 0.3) is 0 Å². The molecular formula is C14H19NO4. The van der Waals surface area contributed by atoms with Crippen LogP contribution in [-0.4, -0.2) is 30.3 Å². The zero-order valence-corrected chi connectivity index (χ0v) is 11.0. The van der Waals surface area contributed by atoms with Crippen molar-refractivity contribution in [2.45, 2.75) is 32.2 Å². The van der Waals surface area contributed by atoms with Crippen LogP contribution in [-0.2, 0) is 17.6 Å². The summed E-state index contributed by atoms with van der Waals surface area (Å²) in [6.07, 6.45) is 1.62. The summed E-state index contributed by atoms with van der Waals surface area (Å²) in [5, 5.41) is 8.60. The maximum absolute atomic E-state index is 10.5. The topological polar surface area (TPSA) is 81.8 Å². The molecule has 1 aliphatic rings. The van der Waals surface area contributed by atoms with Crippen LogP contribution in [0.3, 0.4) is 0 Å². The lowest BCUT2D eigenvalue weighted by molar-refractivity contribution is -0.137. The number of carbonyl (C=O) groups is 1. The molecule has 1 aliphatic carbocycles. The van der Waals surface area contributed by atoms with Crippen molar-refractivity contribution in [2.24, 2.45) is 5.73 Å². The largest absolute Gasteiger partial charge is 0.493 e. The van der Waals surface area contributed by atoms with Gasteiger partial charge >= 0.3 is 5.97 Å². The molecule has 1 aromatic rings. The Balaban J connectivity index is 2.15. The fourth-order valence-corrected chi connectivity index (χ4v) is 2.33. The normalized spacial score (nSPS) is 17.1. The highest BCUT2D eigenvalue weighted by atomic mass is 16.5. The van der Waals surface area contributed by atoms with Crippen molar-refractivity contribution < 1.29 is 19.4 Å². The van der Waals surface area contributed by atoms with Crippen LogP contribution in [0, 0.1) is 0 Å². The second-order valence-electron chi connectivity index (χ2n) is 4.65. The van der Waals surface area contributed by atoms with Crippen LogP contribution >= 0.6 is 0 Å². The molecule has 0 aromatic heterocycles. The van der Waals surface area contributed by atoms with E-state index in [0.29, 0.717) is 12.4 Å². The maximum atomic E-state index is 10.5. The van der Waals surface area contributed by atoms with Gasteiger partial charge in [-0.15, -0.1) is 0 Å². The highest BCUT2D eigenvalue weighted by molar-refractivity contribution is 5.66. The lowest BCUT2D eigenvalue weighted by Gasteiger charge is -2.12. The Hall–Kier alpha value is -1.75. The molecule has 3 N–H and O–H groups in total. The Morgan fingerprint density at radius 2 is 2.21 bits per heavy atom. The first kappa shape index (κ1) is 13.7. The van der Waals surface area contributed by atoms with Gasteiger partial charge in [-0.3, -0.25) is 4.79 Å². The summed E-state index contributed by atoms with van der Waals surface area (Å²) in [5.74, 6) is 0.587. The van der Waals surface area contributed by atoms with Crippen molar-refractivity contribution in [2.75, 3.05) is 13.2 Å². The third-order valence-electron chi connectivity index (χ3n) is 3.11. The molecule has 0 fully saturated rings. The number of rotatable bonds is 6. The molecule has 0 aliphatic heterocycles. The van der Waals surface area contributed by atoms with Crippen LogP contribution in [0.5, 0.6) is 11.5 Å². The van der Waals surface area contributed by atoms with Gasteiger partial charge in [-0.25, -0.2) is 0 Å². The molecule has 0 saturated heterocycles. The first-order valence-electron chi connectivity index (χ1n) is 6.49. The summed E-state index contributed by atoms with van der Waals surface area (Å²) >= 11 is 0. The highest BCUT2D eigenvalue weighted by Crippen LogP contribution is 2.34. The standard InChI is InChI=1S/C14H19NO4/c1-2-18-13-8-11(19-4-3-14(16)17)6-9-5-10(15)7-12(9)13/h6,8,10H,2-5,7,15H2,1H3,(H,16,17). The van der Waals surface area contributed by atoms with E-state index < -0.39 is 5.97 Å². The number of hydrogen-bond acceptors (Lipinski definition) is 4. The van der Waals surface area contributed by atoms with Crippen LogP contribution in [0.1, 0.15) is 24.5 Å². The van der Waals surface area contributed by atoms with Gasteiger partial charge in [0.1, 0.15) is 11.5 Å². The Labute approximate surface area is 112 Å². The number of ether oxygens (including phenoxy) is 2. The molecular weight excluding hydrogens is 246 g/mol. The van der Waals surface area contributed by atoms with Crippen LogP contribution in [0.25, 0.3) is 0 Å². The molecule has 0 heterocycles. The molecule has 104 valence electrons. The molecule has 5 nitrogen and oxygen atoms in total.